The molecule has 1 heteroatoms. The van der Waals surface area contributed by atoms with Crippen molar-refractivity contribution >= 4 is 16.8 Å². The number of allylic oxidation sites excluding steroid dienone is 1. The van der Waals surface area contributed by atoms with Gasteiger partial charge in [0.1, 0.15) is 5.75 Å². The molecule has 1 aliphatic carbocycles. The van der Waals surface area contributed by atoms with E-state index >= 15 is 0 Å². The largest absolute Gasteiger partial charge is 0.508 e. The van der Waals surface area contributed by atoms with Crippen LogP contribution in [-0.4, -0.2) is 5.11 Å². The first-order valence-electron chi connectivity index (χ1n) is 7.29. The van der Waals surface area contributed by atoms with Gasteiger partial charge in [0.15, 0.2) is 0 Å². The molecule has 1 aliphatic rings. The molecule has 0 amide bonds. The molecule has 0 saturated carbocycles. The molecule has 3 aromatic rings. The van der Waals surface area contributed by atoms with Gasteiger partial charge in [-0.05, 0) is 34.4 Å². The molecule has 1 unspecified atom stereocenters. The van der Waals surface area contributed by atoms with Gasteiger partial charge in [0.25, 0.3) is 0 Å². The minimum Gasteiger partial charge on any atom is -0.508 e. The molecular weight excluding hydrogens is 256 g/mol. The summed E-state index contributed by atoms with van der Waals surface area (Å²) in [6.45, 7) is 0. The number of phenolic OH excluding ortho intramolecular Hbond substituents is 1. The minimum absolute atomic E-state index is 0.250. The fourth-order valence-electron chi connectivity index (χ4n) is 3.25. The first-order chi connectivity index (χ1) is 10.3. The maximum absolute atomic E-state index is 10.0. The Morgan fingerprint density at radius 1 is 0.857 bits per heavy atom. The van der Waals surface area contributed by atoms with Gasteiger partial charge in [0.05, 0.1) is 0 Å². The van der Waals surface area contributed by atoms with Gasteiger partial charge in [0, 0.05) is 11.5 Å². The van der Waals surface area contributed by atoms with Crippen LogP contribution in [0.15, 0.2) is 66.7 Å². The molecule has 4 rings (SSSR count). The van der Waals surface area contributed by atoms with Crippen LogP contribution < -0.4 is 0 Å². The maximum atomic E-state index is 10.0. The van der Waals surface area contributed by atoms with E-state index in [0.29, 0.717) is 5.75 Å². The third-order valence-electron chi connectivity index (χ3n) is 4.33. The number of phenols is 1. The maximum Gasteiger partial charge on any atom is 0.119 e. The van der Waals surface area contributed by atoms with Crippen molar-refractivity contribution in [3.63, 3.8) is 0 Å². The van der Waals surface area contributed by atoms with Gasteiger partial charge in [-0.15, -0.1) is 0 Å². The van der Waals surface area contributed by atoms with Crippen LogP contribution in [0.25, 0.3) is 16.8 Å². The third-order valence-corrected chi connectivity index (χ3v) is 4.33. The molecule has 0 radical (unpaired) electrons. The zero-order valence-electron chi connectivity index (χ0n) is 11.7. The summed E-state index contributed by atoms with van der Waals surface area (Å²) in [5.41, 5.74) is 3.68. The second-order valence-electron chi connectivity index (χ2n) is 5.59. The van der Waals surface area contributed by atoms with E-state index in [9.17, 15) is 5.11 Å². The van der Waals surface area contributed by atoms with Crippen molar-refractivity contribution in [1.29, 1.82) is 0 Å². The molecule has 0 aromatic heterocycles. The number of para-hydroxylation sites is 1. The zero-order chi connectivity index (χ0) is 14.2. The van der Waals surface area contributed by atoms with Crippen LogP contribution in [0.1, 0.15) is 22.6 Å². The van der Waals surface area contributed by atoms with Gasteiger partial charge in [-0.3, -0.25) is 0 Å². The van der Waals surface area contributed by atoms with Crippen LogP contribution in [0.4, 0.5) is 0 Å². The number of hydrogen-bond donors (Lipinski definition) is 1. The highest BCUT2D eigenvalue weighted by Crippen LogP contribution is 2.36. The van der Waals surface area contributed by atoms with Gasteiger partial charge in [-0.1, -0.05) is 66.7 Å². The van der Waals surface area contributed by atoms with Crippen molar-refractivity contribution in [1.82, 2.24) is 0 Å². The molecule has 1 nitrogen and oxygen atoms in total. The van der Waals surface area contributed by atoms with E-state index in [1.54, 1.807) is 6.07 Å². The van der Waals surface area contributed by atoms with E-state index in [1.165, 1.54) is 21.9 Å². The summed E-state index contributed by atoms with van der Waals surface area (Å²) in [4.78, 5) is 0. The Hall–Kier alpha value is -2.54. The van der Waals surface area contributed by atoms with E-state index in [0.717, 1.165) is 12.0 Å². The molecule has 0 fully saturated rings. The van der Waals surface area contributed by atoms with Crippen LogP contribution in [-0.2, 0) is 6.42 Å². The lowest BCUT2D eigenvalue weighted by Gasteiger charge is -2.21. The molecule has 21 heavy (non-hydrogen) atoms. The Bertz CT molecular complexity index is 845. The van der Waals surface area contributed by atoms with Gasteiger partial charge in [-0.2, -0.15) is 0 Å². The fourth-order valence-corrected chi connectivity index (χ4v) is 3.25. The number of hydrogen-bond acceptors (Lipinski definition) is 1. The quantitative estimate of drug-likeness (QED) is 0.668. The molecule has 102 valence electrons. The summed E-state index contributed by atoms with van der Waals surface area (Å²) in [5, 5.41) is 12.6. The first-order valence-corrected chi connectivity index (χ1v) is 7.29. The summed E-state index contributed by atoms with van der Waals surface area (Å²) < 4.78 is 0. The topological polar surface area (TPSA) is 20.2 Å². The number of aromatic hydroxyl groups is 1. The Labute approximate surface area is 124 Å². The highest BCUT2D eigenvalue weighted by molar-refractivity contribution is 5.92. The van der Waals surface area contributed by atoms with E-state index in [2.05, 4.69) is 48.6 Å². The first kappa shape index (κ1) is 12.2. The Kier molecular flexibility index (Phi) is 2.78. The van der Waals surface area contributed by atoms with Crippen LogP contribution in [0.2, 0.25) is 0 Å². The van der Waals surface area contributed by atoms with Crippen molar-refractivity contribution in [2.75, 3.05) is 0 Å². The lowest BCUT2D eigenvalue weighted by atomic mass is 9.83. The molecule has 3 aromatic carbocycles. The average Bonchev–Trinajstić information content (AvgIpc) is 2.54. The van der Waals surface area contributed by atoms with Crippen LogP contribution in [0, 0.1) is 0 Å². The van der Waals surface area contributed by atoms with Crippen molar-refractivity contribution in [3.05, 3.63) is 83.4 Å². The molecule has 0 heterocycles. The summed E-state index contributed by atoms with van der Waals surface area (Å²) in [5.74, 6) is 0.635. The molecule has 0 bridgehead atoms. The Morgan fingerprint density at radius 3 is 2.57 bits per heavy atom. The van der Waals surface area contributed by atoms with Gasteiger partial charge < -0.3 is 5.11 Å². The minimum atomic E-state index is 0.250. The van der Waals surface area contributed by atoms with Crippen LogP contribution in [0.3, 0.4) is 0 Å². The monoisotopic (exact) mass is 272 g/mol. The molecule has 0 aliphatic heterocycles. The fraction of sp³-hybridized carbons (Fsp3) is 0.100. The number of benzene rings is 3. The number of fused-ring (bicyclic) bond motifs is 3. The van der Waals surface area contributed by atoms with E-state index in [1.807, 2.05) is 18.2 Å². The van der Waals surface area contributed by atoms with E-state index in [-0.39, 0.29) is 5.92 Å². The van der Waals surface area contributed by atoms with Crippen molar-refractivity contribution in [2.45, 2.75) is 12.3 Å². The molecule has 1 atom stereocenters. The average molecular weight is 272 g/mol. The SMILES string of the molecule is Oc1ccccc1C1C=Cc2c(ccc3ccccc23)C1. The van der Waals surface area contributed by atoms with Crippen LogP contribution >= 0.6 is 0 Å². The molecular formula is C20H16O. The van der Waals surface area contributed by atoms with Gasteiger partial charge in [0.2, 0.25) is 0 Å². The summed E-state index contributed by atoms with van der Waals surface area (Å²) in [7, 11) is 0. The summed E-state index contributed by atoms with van der Waals surface area (Å²) >= 11 is 0. The normalized spacial score (nSPS) is 16.9. The predicted octanol–water partition coefficient (Wildman–Crippen LogP) is 4.90. The molecule has 0 saturated heterocycles. The van der Waals surface area contributed by atoms with E-state index in [4.69, 9.17) is 0 Å². The second kappa shape index (κ2) is 4.78. The smallest absolute Gasteiger partial charge is 0.119 e. The standard InChI is InChI=1S/C20H16O/c21-20-8-4-3-7-19(20)16-11-12-18-15(13-16)10-9-14-5-1-2-6-17(14)18/h1-12,16,21H,13H2. The summed E-state index contributed by atoms with van der Waals surface area (Å²) in [6.07, 6.45) is 5.36. The Balaban J connectivity index is 1.81. The second-order valence-corrected chi connectivity index (χ2v) is 5.59. The van der Waals surface area contributed by atoms with Gasteiger partial charge in [-0.25, -0.2) is 0 Å². The van der Waals surface area contributed by atoms with Crippen molar-refractivity contribution in [2.24, 2.45) is 0 Å². The highest BCUT2D eigenvalue weighted by Gasteiger charge is 2.19. The van der Waals surface area contributed by atoms with Crippen LogP contribution in [0.5, 0.6) is 5.75 Å². The third kappa shape index (κ3) is 2.02. The lowest BCUT2D eigenvalue weighted by molar-refractivity contribution is 0.465. The Morgan fingerprint density at radius 2 is 1.67 bits per heavy atom. The predicted molar refractivity (Wildman–Crippen MR) is 87.5 cm³/mol. The van der Waals surface area contributed by atoms with Gasteiger partial charge >= 0.3 is 0 Å². The molecule has 1 N–H and O–H groups in total. The lowest BCUT2D eigenvalue weighted by Crippen LogP contribution is -2.06. The highest BCUT2D eigenvalue weighted by atomic mass is 16.3. The van der Waals surface area contributed by atoms with Crippen molar-refractivity contribution in [3.8, 4) is 5.75 Å². The number of rotatable bonds is 1. The van der Waals surface area contributed by atoms with E-state index < -0.39 is 0 Å². The van der Waals surface area contributed by atoms with Crippen molar-refractivity contribution < 1.29 is 5.11 Å². The summed E-state index contributed by atoms with van der Waals surface area (Å²) in [6, 6.07) is 20.5. The zero-order valence-corrected chi connectivity index (χ0v) is 11.7. The molecule has 0 spiro atoms.